The van der Waals surface area contributed by atoms with Crippen molar-refractivity contribution in [1.82, 2.24) is 0 Å². The first-order valence-electron chi connectivity index (χ1n) is 5.37. The highest BCUT2D eigenvalue weighted by Crippen LogP contribution is 2.20. The third-order valence-corrected chi connectivity index (χ3v) is 4.51. The summed E-state index contributed by atoms with van der Waals surface area (Å²) in [5.41, 5.74) is 1.05. The van der Waals surface area contributed by atoms with E-state index in [0.717, 1.165) is 9.13 Å². The smallest absolute Gasteiger partial charge is 0.261 e. The van der Waals surface area contributed by atoms with Gasteiger partial charge in [-0.15, -0.1) is 0 Å². The average Bonchev–Trinajstić information content (AvgIpc) is 2.37. The van der Waals surface area contributed by atoms with Crippen molar-refractivity contribution in [2.45, 2.75) is 11.5 Å². The Hall–Kier alpha value is -0.790. The SMILES string of the molecule is O=S(=O)(Cl)c1ccc(OCc2ccc(I)cc2)cc1. The summed E-state index contributed by atoms with van der Waals surface area (Å²) < 4.78 is 28.9. The van der Waals surface area contributed by atoms with Gasteiger partial charge in [0.25, 0.3) is 9.05 Å². The maximum absolute atomic E-state index is 11.1. The van der Waals surface area contributed by atoms with Crippen LogP contribution in [0.3, 0.4) is 0 Å². The van der Waals surface area contributed by atoms with E-state index in [0.29, 0.717) is 12.4 Å². The molecule has 0 heterocycles. The predicted molar refractivity (Wildman–Crippen MR) is 83.0 cm³/mol. The van der Waals surface area contributed by atoms with E-state index in [2.05, 4.69) is 22.6 Å². The lowest BCUT2D eigenvalue weighted by molar-refractivity contribution is 0.306. The summed E-state index contributed by atoms with van der Waals surface area (Å²) in [6, 6.07) is 14.0. The van der Waals surface area contributed by atoms with E-state index >= 15 is 0 Å². The van der Waals surface area contributed by atoms with Crippen molar-refractivity contribution in [2.75, 3.05) is 0 Å². The maximum Gasteiger partial charge on any atom is 0.261 e. The molecule has 19 heavy (non-hydrogen) atoms. The molecule has 100 valence electrons. The minimum absolute atomic E-state index is 0.0655. The molecule has 2 aromatic carbocycles. The van der Waals surface area contributed by atoms with Crippen molar-refractivity contribution in [3.05, 3.63) is 57.7 Å². The molecule has 0 spiro atoms. The molecule has 2 aromatic rings. The number of rotatable bonds is 4. The van der Waals surface area contributed by atoms with Gasteiger partial charge < -0.3 is 4.74 Å². The highest BCUT2D eigenvalue weighted by atomic mass is 127. The molecule has 2 rings (SSSR count). The number of benzene rings is 2. The number of halogens is 2. The Labute approximate surface area is 130 Å². The van der Waals surface area contributed by atoms with Crippen LogP contribution in [-0.4, -0.2) is 8.42 Å². The quantitative estimate of drug-likeness (QED) is 0.571. The monoisotopic (exact) mass is 408 g/mol. The topological polar surface area (TPSA) is 43.4 Å². The Morgan fingerprint density at radius 2 is 1.58 bits per heavy atom. The fraction of sp³-hybridized carbons (Fsp3) is 0.0769. The fourth-order valence-corrected chi connectivity index (χ4v) is 2.58. The van der Waals surface area contributed by atoms with Gasteiger partial charge in [0.15, 0.2) is 0 Å². The van der Waals surface area contributed by atoms with E-state index < -0.39 is 9.05 Å². The zero-order chi connectivity index (χ0) is 13.9. The molecule has 0 aliphatic rings. The molecule has 0 aliphatic heterocycles. The second-order valence-corrected chi connectivity index (χ2v) is 7.64. The highest BCUT2D eigenvalue weighted by Gasteiger charge is 2.09. The zero-order valence-electron chi connectivity index (χ0n) is 9.71. The lowest BCUT2D eigenvalue weighted by Gasteiger charge is -2.06. The lowest BCUT2D eigenvalue weighted by Crippen LogP contribution is -1.96. The van der Waals surface area contributed by atoms with E-state index in [1.807, 2.05) is 24.3 Å². The number of ether oxygens (including phenoxy) is 1. The van der Waals surface area contributed by atoms with E-state index in [9.17, 15) is 8.42 Å². The number of hydrogen-bond donors (Lipinski definition) is 0. The number of hydrogen-bond acceptors (Lipinski definition) is 3. The Kier molecular flexibility index (Phi) is 4.70. The van der Waals surface area contributed by atoms with Crippen molar-refractivity contribution in [3.63, 3.8) is 0 Å². The van der Waals surface area contributed by atoms with Gasteiger partial charge in [-0.2, -0.15) is 0 Å². The standard InChI is InChI=1S/C13H10ClIO3S/c14-19(16,17)13-7-5-12(6-8-13)18-9-10-1-3-11(15)4-2-10/h1-8H,9H2. The third kappa shape index (κ3) is 4.36. The molecule has 0 unspecified atom stereocenters. The van der Waals surface area contributed by atoms with Crippen LogP contribution in [0.4, 0.5) is 0 Å². The van der Waals surface area contributed by atoms with Crippen molar-refractivity contribution in [2.24, 2.45) is 0 Å². The van der Waals surface area contributed by atoms with Crippen molar-refractivity contribution in [1.29, 1.82) is 0 Å². The average molecular weight is 409 g/mol. The van der Waals surface area contributed by atoms with Gasteiger partial charge in [0.05, 0.1) is 4.90 Å². The molecule has 0 bridgehead atoms. The van der Waals surface area contributed by atoms with Crippen LogP contribution in [0.2, 0.25) is 0 Å². The molecule has 6 heteroatoms. The van der Waals surface area contributed by atoms with E-state index in [1.54, 1.807) is 12.1 Å². The van der Waals surface area contributed by atoms with Crippen LogP contribution in [0, 0.1) is 3.57 Å². The van der Waals surface area contributed by atoms with E-state index in [-0.39, 0.29) is 4.90 Å². The largest absolute Gasteiger partial charge is 0.489 e. The highest BCUT2D eigenvalue weighted by molar-refractivity contribution is 14.1. The van der Waals surface area contributed by atoms with Gasteiger partial charge in [0, 0.05) is 14.3 Å². The summed E-state index contributed by atoms with van der Waals surface area (Å²) in [6.45, 7) is 0.434. The predicted octanol–water partition coefficient (Wildman–Crippen LogP) is 3.80. The van der Waals surface area contributed by atoms with Gasteiger partial charge in [-0.05, 0) is 64.6 Å². The summed E-state index contributed by atoms with van der Waals surface area (Å²) in [6.07, 6.45) is 0. The fourth-order valence-electron chi connectivity index (χ4n) is 1.45. The van der Waals surface area contributed by atoms with Gasteiger partial charge >= 0.3 is 0 Å². The first-order valence-corrected chi connectivity index (χ1v) is 8.76. The van der Waals surface area contributed by atoms with Crippen molar-refractivity contribution < 1.29 is 13.2 Å². The van der Waals surface area contributed by atoms with Crippen LogP contribution in [-0.2, 0) is 15.7 Å². The lowest BCUT2D eigenvalue weighted by atomic mass is 10.2. The van der Waals surface area contributed by atoms with Crippen LogP contribution >= 0.6 is 33.3 Å². The van der Waals surface area contributed by atoms with E-state index in [1.165, 1.54) is 12.1 Å². The minimum atomic E-state index is -3.68. The first kappa shape index (κ1) is 14.6. The van der Waals surface area contributed by atoms with Crippen molar-refractivity contribution >= 4 is 42.3 Å². The van der Waals surface area contributed by atoms with Crippen molar-refractivity contribution in [3.8, 4) is 5.75 Å². The molecule has 0 fully saturated rings. The second-order valence-electron chi connectivity index (χ2n) is 3.82. The zero-order valence-corrected chi connectivity index (χ0v) is 13.4. The van der Waals surface area contributed by atoms with Gasteiger partial charge in [0.2, 0.25) is 0 Å². The van der Waals surface area contributed by atoms with Gasteiger partial charge in [0.1, 0.15) is 12.4 Å². The third-order valence-electron chi connectivity index (χ3n) is 2.42. The summed E-state index contributed by atoms with van der Waals surface area (Å²) >= 11 is 2.24. The second kappa shape index (κ2) is 6.11. The van der Waals surface area contributed by atoms with E-state index in [4.69, 9.17) is 15.4 Å². The minimum Gasteiger partial charge on any atom is -0.489 e. The van der Waals surface area contributed by atoms with Gasteiger partial charge in [-0.1, -0.05) is 12.1 Å². The molecule has 0 N–H and O–H groups in total. The molecule has 0 saturated heterocycles. The first-order chi connectivity index (χ1) is 8.95. The maximum atomic E-state index is 11.1. The van der Waals surface area contributed by atoms with Crippen LogP contribution in [0.15, 0.2) is 53.4 Å². The molecule has 0 radical (unpaired) electrons. The normalized spacial score (nSPS) is 11.3. The molecule has 0 aliphatic carbocycles. The summed E-state index contributed by atoms with van der Waals surface area (Å²) in [4.78, 5) is 0.0655. The molecule has 0 saturated carbocycles. The van der Waals surface area contributed by atoms with Crippen LogP contribution < -0.4 is 4.74 Å². The molecule has 0 amide bonds. The van der Waals surface area contributed by atoms with Crippen LogP contribution in [0.1, 0.15) is 5.56 Å². The Balaban J connectivity index is 2.02. The molecular formula is C13H10ClIO3S. The van der Waals surface area contributed by atoms with Crippen LogP contribution in [0.25, 0.3) is 0 Å². The van der Waals surface area contributed by atoms with Gasteiger partial charge in [-0.25, -0.2) is 8.42 Å². The Morgan fingerprint density at radius 3 is 2.11 bits per heavy atom. The molecular weight excluding hydrogens is 399 g/mol. The molecule has 0 atom stereocenters. The summed E-state index contributed by atoms with van der Waals surface area (Å²) in [7, 11) is 1.55. The summed E-state index contributed by atoms with van der Waals surface area (Å²) in [5, 5.41) is 0. The Bertz CT molecular complexity index is 651. The molecule has 3 nitrogen and oxygen atoms in total. The molecule has 0 aromatic heterocycles. The summed E-state index contributed by atoms with van der Waals surface area (Å²) in [5.74, 6) is 0.600. The van der Waals surface area contributed by atoms with Crippen LogP contribution in [0.5, 0.6) is 5.75 Å². The Morgan fingerprint density at radius 1 is 1.00 bits per heavy atom. The van der Waals surface area contributed by atoms with Gasteiger partial charge in [-0.3, -0.25) is 0 Å².